The maximum atomic E-state index is 13.0. The van der Waals surface area contributed by atoms with Crippen LogP contribution >= 0.6 is 0 Å². The minimum Gasteiger partial charge on any atom is -0.366 e. The molecule has 0 bridgehead atoms. The number of aryl methyl sites for hydroxylation is 1. The number of amides is 3. The van der Waals surface area contributed by atoms with Crippen molar-refractivity contribution < 1.29 is 22.8 Å². The van der Waals surface area contributed by atoms with Gasteiger partial charge in [-0.25, -0.2) is 4.79 Å². The summed E-state index contributed by atoms with van der Waals surface area (Å²) < 4.78 is 39.0. The zero-order valence-corrected chi connectivity index (χ0v) is 13.1. The van der Waals surface area contributed by atoms with E-state index in [1.807, 2.05) is 5.32 Å². The molecule has 0 spiro atoms. The highest BCUT2D eigenvalue weighted by Gasteiger charge is 2.43. The Morgan fingerprint density at radius 2 is 1.91 bits per heavy atom. The van der Waals surface area contributed by atoms with Gasteiger partial charge in [0.2, 0.25) is 5.91 Å². The van der Waals surface area contributed by atoms with Gasteiger partial charge in [0.25, 0.3) is 0 Å². The summed E-state index contributed by atoms with van der Waals surface area (Å²) in [7, 11) is 0. The highest BCUT2D eigenvalue weighted by molar-refractivity contribution is 5.96. The minimum atomic E-state index is -4.54. The number of urea groups is 1. The smallest absolute Gasteiger partial charge is 0.366 e. The molecule has 1 rings (SSSR count). The van der Waals surface area contributed by atoms with E-state index in [0.717, 1.165) is 0 Å². The van der Waals surface area contributed by atoms with Crippen molar-refractivity contribution in [3.63, 3.8) is 0 Å². The molecule has 0 saturated heterocycles. The van der Waals surface area contributed by atoms with E-state index in [2.05, 4.69) is 5.32 Å². The average molecular weight is 331 g/mol. The second-order valence-corrected chi connectivity index (χ2v) is 5.40. The van der Waals surface area contributed by atoms with E-state index >= 15 is 0 Å². The van der Waals surface area contributed by atoms with Crippen LogP contribution in [0, 0.1) is 12.8 Å². The van der Waals surface area contributed by atoms with Crippen LogP contribution in [0.4, 0.5) is 23.7 Å². The lowest BCUT2D eigenvalue weighted by atomic mass is 9.99. The van der Waals surface area contributed by atoms with Crippen molar-refractivity contribution in [1.82, 2.24) is 5.32 Å². The van der Waals surface area contributed by atoms with Crippen molar-refractivity contribution in [3.05, 3.63) is 29.3 Å². The van der Waals surface area contributed by atoms with E-state index in [9.17, 15) is 22.8 Å². The van der Waals surface area contributed by atoms with E-state index in [4.69, 9.17) is 5.73 Å². The first-order valence-electron chi connectivity index (χ1n) is 7.11. The normalized spacial score (nSPS) is 14.0. The fourth-order valence-corrected chi connectivity index (χ4v) is 1.99. The van der Waals surface area contributed by atoms with Gasteiger partial charge in [0.1, 0.15) is 6.04 Å². The third-order valence-electron chi connectivity index (χ3n) is 3.62. The molecule has 0 fully saturated rings. The molecule has 3 amide bonds. The SMILES string of the molecule is CCC(C)C(NC(=O)Nc1cc(C(N)=O)ccc1C)C(F)(F)F. The molecule has 2 atom stereocenters. The molecule has 0 aliphatic heterocycles. The second kappa shape index (κ2) is 7.34. The van der Waals surface area contributed by atoms with Crippen molar-refractivity contribution in [2.75, 3.05) is 5.32 Å². The van der Waals surface area contributed by atoms with Crippen LogP contribution in [0.2, 0.25) is 0 Å². The number of carbonyl (C=O) groups is 2. The first-order valence-corrected chi connectivity index (χ1v) is 7.11. The molecule has 0 radical (unpaired) electrons. The first-order chi connectivity index (χ1) is 10.6. The summed E-state index contributed by atoms with van der Waals surface area (Å²) in [6.07, 6.45) is -4.28. The summed E-state index contributed by atoms with van der Waals surface area (Å²) in [4.78, 5) is 23.0. The Morgan fingerprint density at radius 3 is 2.39 bits per heavy atom. The summed E-state index contributed by atoms with van der Waals surface area (Å²) in [6, 6.07) is 1.40. The van der Waals surface area contributed by atoms with Crippen LogP contribution in [-0.2, 0) is 0 Å². The number of carbonyl (C=O) groups excluding carboxylic acids is 2. The summed E-state index contributed by atoms with van der Waals surface area (Å²) in [5.74, 6) is -1.46. The second-order valence-electron chi connectivity index (χ2n) is 5.40. The molecule has 128 valence electrons. The number of halogens is 3. The Kier molecular flexibility index (Phi) is 6.00. The number of anilines is 1. The largest absolute Gasteiger partial charge is 0.408 e. The Bertz CT molecular complexity index is 588. The van der Waals surface area contributed by atoms with Crippen molar-refractivity contribution in [2.45, 2.75) is 39.4 Å². The van der Waals surface area contributed by atoms with Gasteiger partial charge in [-0.2, -0.15) is 13.2 Å². The molecule has 1 aromatic carbocycles. The number of primary amides is 1. The lowest BCUT2D eigenvalue weighted by Gasteiger charge is -2.26. The Hall–Kier alpha value is -2.25. The molecule has 1 aromatic rings. The van der Waals surface area contributed by atoms with Gasteiger partial charge in [0.15, 0.2) is 0 Å². The predicted octanol–water partition coefficient (Wildman–Crippen LogP) is 3.19. The van der Waals surface area contributed by atoms with Crippen molar-refractivity contribution in [3.8, 4) is 0 Å². The number of alkyl halides is 3. The van der Waals surface area contributed by atoms with Gasteiger partial charge in [-0.15, -0.1) is 0 Å². The van der Waals surface area contributed by atoms with Gasteiger partial charge in [0, 0.05) is 11.3 Å². The Balaban J connectivity index is 2.91. The monoisotopic (exact) mass is 331 g/mol. The van der Waals surface area contributed by atoms with Crippen LogP contribution in [0.5, 0.6) is 0 Å². The maximum absolute atomic E-state index is 13.0. The zero-order valence-electron chi connectivity index (χ0n) is 13.1. The number of rotatable bonds is 5. The highest BCUT2D eigenvalue weighted by atomic mass is 19.4. The minimum absolute atomic E-state index is 0.153. The molecule has 4 N–H and O–H groups in total. The van der Waals surface area contributed by atoms with Gasteiger partial charge >= 0.3 is 12.2 Å². The van der Waals surface area contributed by atoms with Crippen LogP contribution in [-0.4, -0.2) is 24.2 Å². The molecule has 0 heterocycles. The molecule has 0 aliphatic carbocycles. The van der Waals surface area contributed by atoms with Gasteiger partial charge in [-0.1, -0.05) is 26.3 Å². The number of nitrogens with two attached hydrogens (primary N) is 1. The molecule has 0 saturated carbocycles. The molecular weight excluding hydrogens is 311 g/mol. The lowest BCUT2D eigenvalue weighted by molar-refractivity contribution is -0.163. The molecule has 8 heteroatoms. The summed E-state index contributed by atoms with van der Waals surface area (Å²) in [5, 5.41) is 4.27. The van der Waals surface area contributed by atoms with Gasteiger partial charge in [0.05, 0.1) is 0 Å². The lowest BCUT2D eigenvalue weighted by Crippen LogP contribution is -2.50. The molecule has 0 aliphatic rings. The van der Waals surface area contributed by atoms with E-state index < -0.39 is 30.1 Å². The first kappa shape index (κ1) is 18.8. The molecular formula is C15H20F3N3O2. The number of hydrogen-bond donors (Lipinski definition) is 3. The quantitative estimate of drug-likeness (QED) is 0.774. The zero-order chi connectivity index (χ0) is 17.8. The fourth-order valence-electron chi connectivity index (χ4n) is 1.99. The topological polar surface area (TPSA) is 84.2 Å². The van der Waals surface area contributed by atoms with E-state index in [1.165, 1.54) is 19.1 Å². The summed E-state index contributed by atoms with van der Waals surface area (Å²) in [6.45, 7) is 4.68. The average Bonchev–Trinajstić information content (AvgIpc) is 2.44. The third-order valence-corrected chi connectivity index (χ3v) is 3.62. The fraction of sp³-hybridized carbons (Fsp3) is 0.467. The molecule has 5 nitrogen and oxygen atoms in total. The maximum Gasteiger partial charge on any atom is 0.408 e. The van der Waals surface area contributed by atoms with E-state index in [0.29, 0.717) is 5.56 Å². The van der Waals surface area contributed by atoms with Crippen LogP contribution in [0.15, 0.2) is 18.2 Å². The van der Waals surface area contributed by atoms with Gasteiger partial charge < -0.3 is 16.4 Å². The molecule has 0 aromatic heterocycles. The van der Waals surface area contributed by atoms with Crippen molar-refractivity contribution in [2.24, 2.45) is 11.7 Å². The Morgan fingerprint density at radius 1 is 1.30 bits per heavy atom. The number of nitrogens with one attached hydrogen (secondary N) is 2. The highest BCUT2D eigenvalue weighted by Crippen LogP contribution is 2.27. The number of hydrogen-bond acceptors (Lipinski definition) is 2. The van der Waals surface area contributed by atoms with Crippen molar-refractivity contribution >= 4 is 17.6 Å². The van der Waals surface area contributed by atoms with Crippen LogP contribution in [0.3, 0.4) is 0 Å². The predicted molar refractivity (Wildman–Crippen MR) is 81.1 cm³/mol. The van der Waals surface area contributed by atoms with E-state index in [1.54, 1.807) is 19.9 Å². The Labute approximate surface area is 132 Å². The molecule has 23 heavy (non-hydrogen) atoms. The van der Waals surface area contributed by atoms with Crippen LogP contribution in [0.25, 0.3) is 0 Å². The standard InChI is InChI=1S/C15H20F3N3O2/c1-4-8(2)12(15(16,17)18)21-14(23)20-11-7-10(13(19)22)6-5-9(11)3/h5-8,12H,4H2,1-3H3,(H2,19,22)(H2,20,21,23). The van der Waals surface area contributed by atoms with Crippen LogP contribution in [0.1, 0.15) is 36.2 Å². The number of benzene rings is 1. The van der Waals surface area contributed by atoms with Gasteiger partial charge in [-0.3, -0.25) is 4.79 Å². The summed E-state index contributed by atoms with van der Waals surface area (Å²) >= 11 is 0. The van der Waals surface area contributed by atoms with E-state index in [-0.39, 0.29) is 17.7 Å². The van der Waals surface area contributed by atoms with Crippen molar-refractivity contribution in [1.29, 1.82) is 0 Å². The van der Waals surface area contributed by atoms with Crippen LogP contribution < -0.4 is 16.4 Å². The van der Waals surface area contributed by atoms with Gasteiger partial charge in [-0.05, 0) is 30.5 Å². The molecule has 2 unspecified atom stereocenters. The summed E-state index contributed by atoms with van der Waals surface area (Å²) in [5.41, 5.74) is 6.12. The third kappa shape index (κ3) is 5.15.